The van der Waals surface area contributed by atoms with E-state index in [1.54, 1.807) is 12.1 Å². The van der Waals surface area contributed by atoms with Crippen LogP contribution in [0.3, 0.4) is 0 Å². The number of ether oxygens (including phenoxy) is 1. The normalized spacial score (nSPS) is 14.6. The average molecular weight is 376 g/mol. The highest BCUT2D eigenvalue weighted by molar-refractivity contribution is 5.90. The number of rotatable bonds is 6. The predicted molar refractivity (Wildman–Crippen MR) is 110 cm³/mol. The number of carbonyl (C=O) groups excluding carboxylic acids is 1. The van der Waals surface area contributed by atoms with Crippen molar-refractivity contribution in [1.82, 2.24) is 4.90 Å². The lowest BCUT2D eigenvalue weighted by molar-refractivity contribution is -0.114. The quantitative estimate of drug-likeness (QED) is 0.691. The Morgan fingerprint density at radius 1 is 1.07 bits per heavy atom. The maximum atomic E-state index is 11.3. The largest absolute Gasteiger partial charge is 0.489 e. The Morgan fingerprint density at radius 2 is 1.75 bits per heavy atom. The van der Waals surface area contributed by atoms with Crippen molar-refractivity contribution in [1.29, 1.82) is 0 Å². The van der Waals surface area contributed by atoms with Crippen molar-refractivity contribution < 1.29 is 14.6 Å². The van der Waals surface area contributed by atoms with E-state index in [0.29, 0.717) is 18.0 Å². The molecular weight excluding hydrogens is 352 g/mol. The molecule has 0 saturated carbocycles. The highest BCUT2D eigenvalue weighted by Crippen LogP contribution is 2.30. The van der Waals surface area contributed by atoms with Crippen LogP contribution in [0.25, 0.3) is 10.8 Å². The lowest BCUT2D eigenvalue weighted by atomic mass is 9.95. The Kier molecular flexibility index (Phi) is 5.28. The van der Waals surface area contributed by atoms with Crippen molar-refractivity contribution in [2.75, 3.05) is 18.5 Å². The number of nitrogens with one attached hydrogen (secondary N) is 1. The molecule has 1 unspecified atom stereocenters. The second kappa shape index (κ2) is 8.00. The fraction of sp³-hybridized carbons (Fsp3) is 0.261. The van der Waals surface area contributed by atoms with Crippen LogP contribution >= 0.6 is 0 Å². The van der Waals surface area contributed by atoms with Crippen molar-refractivity contribution in [2.45, 2.75) is 26.1 Å². The maximum Gasteiger partial charge on any atom is 0.221 e. The van der Waals surface area contributed by atoms with Crippen LogP contribution in [-0.2, 0) is 17.9 Å². The summed E-state index contributed by atoms with van der Waals surface area (Å²) >= 11 is 0. The highest BCUT2D eigenvalue weighted by atomic mass is 16.5. The molecule has 1 aliphatic heterocycles. The van der Waals surface area contributed by atoms with E-state index in [-0.39, 0.29) is 12.5 Å². The number of nitrogens with zero attached hydrogens (tertiary/aromatic N) is 1. The van der Waals surface area contributed by atoms with E-state index in [4.69, 9.17) is 4.74 Å². The molecule has 1 aliphatic rings. The molecule has 0 aromatic heterocycles. The SMILES string of the molecule is CC(=O)Nc1ccccc1OCC(O)CN1Cc2cccc3cccc(c23)C1. The van der Waals surface area contributed by atoms with Crippen LogP contribution in [0.15, 0.2) is 60.7 Å². The van der Waals surface area contributed by atoms with Crippen LogP contribution < -0.4 is 10.1 Å². The van der Waals surface area contributed by atoms with Crippen LogP contribution in [0.2, 0.25) is 0 Å². The average Bonchev–Trinajstić information content (AvgIpc) is 2.67. The lowest BCUT2D eigenvalue weighted by Gasteiger charge is -2.30. The standard InChI is InChI=1S/C23H24N2O3/c1-16(26)24-21-10-2-3-11-22(21)28-15-20(27)14-25-12-18-8-4-6-17-7-5-9-19(13-25)23(17)18/h2-11,20,27H,12-15H2,1H3,(H,24,26). The molecule has 3 aromatic rings. The molecule has 5 nitrogen and oxygen atoms in total. The number of amides is 1. The van der Waals surface area contributed by atoms with Gasteiger partial charge in [-0.1, -0.05) is 48.5 Å². The lowest BCUT2D eigenvalue weighted by Crippen LogP contribution is -2.36. The molecule has 0 bridgehead atoms. The number of aliphatic hydroxyl groups excluding tert-OH is 1. The van der Waals surface area contributed by atoms with Gasteiger partial charge in [0, 0.05) is 26.6 Å². The summed E-state index contributed by atoms with van der Waals surface area (Å²) in [5, 5.41) is 15.9. The number of benzene rings is 3. The van der Waals surface area contributed by atoms with Gasteiger partial charge in [0.2, 0.25) is 5.91 Å². The molecule has 3 aromatic carbocycles. The van der Waals surface area contributed by atoms with Gasteiger partial charge in [0.15, 0.2) is 0 Å². The van der Waals surface area contributed by atoms with Crippen molar-refractivity contribution in [3.63, 3.8) is 0 Å². The summed E-state index contributed by atoms with van der Waals surface area (Å²) in [5.74, 6) is 0.406. The van der Waals surface area contributed by atoms with Gasteiger partial charge in [-0.25, -0.2) is 0 Å². The molecule has 144 valence electrons. The van der Waals surface area contributed by atoms with E-state index in [2.05, 4.69) is 46.6 Å². The van der Waals surface area contributed by atoms with E-state index in [9.17, 15) is 9.90 Å². The molecule has 1 atom stereocenters. The second-order valence-corrected chi connectivity index (χ2v) is 7.24. The fourth-order valence-corrected chi connectivity index (χ4v) is 3.85. The van der Waals surface area contributed by atoms with E-state index >= 15 is 0 Å². The first-order chi connectivity index (χ1) is 13.6. The highest BCUT2D eigenvalue weighted by Gasteiger charge is 2.21. The Morgan fingerprint density at radius 3 is 2.43 bits per heavy atom. The second-order valence-electron chi connectivity index (χ2n) is 7.24. The van der Waals surface area contributed by atoms with Gasteiger partial charge in [-0.15, -0.1) is 0 Å². The molecule has 4 rings (SSSR count). The summed E-state index contributed by atoms with van der Waals surface area (Å²) in [7, 11) is 0. The van der Waals surface area contributed by atoms with Gasteiger partial charge in [0.25, 0.3) is 0 Å². The molecule has 0 saturated heterocycles. The first-order valence-electron chi connectivity index (χ1n) is 9.49. The van der Waals surface area contributed by atoms with Gasteiger partial charge < -0.3 is 15.2 Å². The molecule has 0 spiro atoms. The van der Waals surface area contributed by atoms with Crippen molar-refractivity contribution in [3.8, 4) is 5.75 Å². The number of aliphatic hydroxyl groups is 1. The van der Waals surface area contributed by atoms with Gasteiger partial charge in [-0.3, -0.25) is 9.69 Å². The molecule has 0 aliphatic carbocycles. The van der Waals surface area contributed by atoms with E-state index < -0.39 is 6.10 Å². The molecule has 5 heteroatoms. The van der Waals surface area contributed by atoms with Crippen LogP contribution in [0.1, 0.15) is 18.1 Å². The Bertz CT molecular complexity index is 961. The van der Waals surface area contributed by atoms with Gasteiger partial charge in [0.05, 0.1) is 5.69 Å². The van der Waals surface area contributed by atoms with Crippen LogP contribution in [0, 0.1) is 0 Å². The van der Waals surface area contributed by atoms with Gasteiger partial charge in [0.1, 0.15) is 18.5 Å². The summed E-state index contributed by atoms with van der Waals surface area (Å²) in [6.07, 6.45) is -0.630. The third kappa shape index (κ3) is 4.01. The number of hydrogen-bond acceptors (Lipinski definition) is 4. The van der Waals surface area contributed by atoms with E-state index in [0.717, 1.165) is 13.1 Å². The van der Waals surface area contributed by atoms with Crippen LogP contribution in [0.4, 0.5) is 5.69 Å². The zero-order valence-corrected chi connectivity index (χ0v) is 15.9. The summed E-state index contributed by atoms with van der Waals surface area (Å²) in [6.45, 7) is 3.77. The zero-order valence-electron chi connectivity index (χ0n) is 15.9. The summed E-state index contributed by atoms with van der Waals surface area (Å²) in [6, 6.07) is 20.0. The minimum Gasteiger partial charge on any atom is -0.489 e. The summed E-state index contributed by atoms with van der Waals surface area (Å²) < 4.78 is 5.78. The minimum absolute atomic E-state index is 0.155. The number of hydrogen-bond donors (Lipinski definition) is 2. The first kappa shape index (κ1) is 18.5. The topological polar surface area (TPSA) is 61.8 Å². The number of β-amino-alcohol motifs (C(OH)–C–C–N with tert-alkyl or cyclic N) is 1. The Hall–Kier alpha value is -2.89. The number of anilines is 1. The third-order valence-corrected chi connectivity index (χ3v) is 4.96. The smallest absolute Gasteiger partial charge is 0.221 e. The Labute approximate surface area is 164 Å². The predicted octanol–water partition coefficient (Wildman–Crippen LogP) is 3.55. The molecule has 1 heterocycles. The molecule has 0 radical (unpaired) electrons. The maximum absolute atomic E-state index is 11.3. The third-order valence-electron chi connectivity index (χ3n) is 4.96. The molecular formula is C23H24N2O3. The molecule has 2 N–H and O–H groups in total. The summed E-state index contributed by atoms with van der Waals surface area (Å²) in [4.78, 5) is 13.6. The van der Waals surface area contributed by atoms with Crippen molar-refractivity contribution in [3.05, 3.63) is 71.8 Å². The van der Waals surface area contributed by atoms with Gasteiger partial charge in [-0.2, -0.15) is 0 Å². The monoisotopic (exact) mass is 376 g/mol. The zero-order chi connectivity index (χ0) is 19.5. The van der Waals surface area contributed by atoms with Gasteiger partial charge in [-0.05, 0) is 34.0 Å². The fourth-order valence-electron chi connectivity index (χ4n) is 3.85. The number of carbonyl (C=O) groups is 1. The Balaban J connectivity index is 1.39. The van der Waals surface area contributed by atoms with E-state index in [1.165, 1.54) is 28.8 Å². The molecule has 0 fully saturated rings. The van der Waals surface area contributed by atoms with Crippen LogP contribution in [0.5, 0.6) is 5.75 Å². The van der Waals surface area contributed by atoms with Crippen molar-refractivity contribution in [2.24, 2.45) is 0 Å². The summed E-state index contributed by atoms with van der Waals surface area (Å²) in [5.41, 5.74) is 3.20. The van der Waals surface area contributed by atoms with E-state index in [1.807, 2.05) is 12.1 Å². The first-order valence-corrected chi connectivity index (χ1v) is 9.49. The minimum atomic E-state index is -0.630. The molecule has 28 heavy (non-hydrogen) atoms. The molecule has 1 amide bonds. The van der Waals surface area contributed by atoms with Crippen LogP contribution in [-0.4, -0.2) is 35.2 Å². The van der Waals surface area contributed by atoms with Gasteiger partial charge >= 0.3 is 0 Å². The number of para-hydroxylation sites is 2. The van der Waals surface area contributed by atoms with Crippen molar-refractivity contribution >= 4 is 22.4 Å².